The minimum Gasteiger partial charge on any atom is -0.375 e. The first-order valence-electron chi connectivity index (χ1n) is 16.3. The number of nitrogens with zero attached hydrogens (tertiary/aromatic N) is 5. The lowest BCUT2D eigenvalue weighted by Gasteiger charge is -2.08. The van der Waals surface area contributed by atoms with Crippen LogP contribution < -0.4 is 16.2 Å². The Hall–Kier alpha value is -5.84. The molecule has 0 saturated carbocycles. The van der Waals surface area contributed by atoms with Gasteiger partial charge in [0.2, 0.25) is 0 Å². The normalized spacial score (nSPS) is 10.7. The highest BCUT2D eigenvalue weighted by Crippen LogP contribution is 2.07. The predicted octanol–water partition coefficient (Wildman–Crippen LogP) is 8.74. The first kappa shape index (κ1) is 41.3. The lowest BCUT2D eigenvalue weighted by molar-refractivity contribution is 0.654. The molecule has 0 atom stereocenters. The number of hydrogen-bond acceptors (Lipinski definition) is 7. The van der Waals surface area contributed by atoms with Gasteiger partial charge in [-0.1, -0.05) is 129 Å². The Morgan fingerprint density at radius 2 is 1.04 bits per heavy atom. The maximum Gasteiger partial charge on any atom is 0.191 e. The highest BCUT2D eigenvalue weighted by Gasteiger charge is 2.03. The van der Waals surface area contributed by atoms with Gasteiger partial charge < -0.3 is 15.6 Å². The first-order valence-corrected chi connectivity index (χ1v) is 17.2. The average Bonchev–Trinajstić information content (AvgIpc) is 3.19. The first-order chi connectivity index (χ1) is 25.0. The van der Waals surface area contributed by atoms with Crippen LogP contribution in [0, 0.1) is 0 Å². The molecule has 5 rings (SSSR count). The van der Waals surface area contributed by atoms with Gasteiger partial charge in [-0.15, -0.1) is 0 Å². The number of hydrazone groups is 2. The number of nitrogens with one attached hydrogen (secondary N) is 3. The van der Waals surface area contributed by atoms with E-state index in [1.54, 1.807) is 24.9 Å². The lowest BCUT2D eigenvalue weighted by Crippen LogP contribution is -2.25. The van der Waals surface area contributed by atoms with Crippen molar-refractivity contribution in [1.29, 1.82) is 0 Å². The highest BCUT2D eigenvalue weighted by molar-refractivity contribution is 7.80. The van der Waals surface area contributed by atoms with Crippen molar-refractivity contribution in [3.05, 3.63) is 174 Å². The summed E-state index contributed by atoms with van der Waals surface area (Å²) in [6.07, 6.45) is 11.4. The van der Waals surface area contributed by atoms with Crippen LogP contribution in [0.4, 0.5) is 5.69 Å². The van der Waals surface area contributed by atoms with Crippen molar-refractivity contribution in [2.45, 2.75) is 13.8 Å². The Morgan fingerprint density at radius 1 is 0.627 bits per heavy atom. The number of pyridine rings is 2. The maximum absolute atomic E-state index is 5.31. The lowest BCUT2D eigenvalue weighted by atomic mass is 10.1. The van der Waals surface area contributed by atoms with Crippen molar-refractivity contribution in [2.24, 2.45) is 10.2 Å². The summed E-state index contributed by atoms with van der Waals surface area (Å²) in [5, 5.41) is 12.2. The summed E-state index contributed by atoms with van der Waals surface area (Å²) in [6, 6.07) is 41.3. The molecule has 0 fully saturated rings. The summed E-state index contributed by atoms with van der Waals surface area (Å²) >= 11 is 9.79. The molecule has 8 nitrogen and oxygen atoms in total. The Labute approximate surface area is 313 Å². The molecule has 0 saturated heterocycles. The molecule has 51 heavy (non-hydrogen) atoms. The molecule has 3 aromatic carbocycles. The number of para-hydroxylation sites is 1. The molecule has 5 aromatic rings. The van der Waals surface area contributed by atoms with E-state index in [0.29, 0.717) is 10.8 Å². The molecule has 0 radical (unpaired) electrons. The van der Waals surface area contributed by atoms with Crippen LogP contribution in [0.3, 0.4) is 0 Å². The smallest absolute Gasteiger partial charge is 0.191 e. The van der Waals surface area contributed by atoms with Crippen LogP contribution in [0.15, 0.2) is 162 Å². The topological polar surface area (TPSA) is 89.8 Å². The molecule has 2 heterocycles. The molecule has 2 aromatic heterocycles. The van der Waals surface area contributed by atoms with Gasteiger partial charge in [-0.05, 0) is 71.9 Å². The number of allylic oxidation sites excluding steroid dienone is 2. The molecular weight excluding hydrogens is 669 g/mol. The molecule has 0 aliphatic rings. The SMILES string of the molecule is CC.CN(C)C=S.CN/N=C(\C=C\c1ccccc1)c1ccccn1.S=C(N/N=C(\C=C\c1ccccc1)c1ccccn1)Nc1ccccc1. The minimum absolute atomic E-state index is 0.415. The summed E-state index contributed by atoms with van der Waals surface area (Å²) in [4.78, 5) is 10.5. The number of thiocarbonyl (C=S) groups is 2. The molecular formula is C41H46N8S2. The van der Waals surface area contributed by atoms with Gasteiger partial charge in [0, 0.05) is 39.2 Å². The van der Waals surface area contributed by atoms with Crippen molar-refractivity contribution in [3.8, 4) is 0 Å². The van der Waals surface area contributed by atoms with Gasteiger partial charge in [0.15, 0.2) is 5.11 Å². The second-order valence-electron chi connectivity index (χ2n) is 10.1. The van der Waals surface area contributed by atoms with E-state index in [0.717, 1.165) is 33.9 Å². The number of hydrogen-bond donors (Lipinski definition) is 3. The van der Waals surface area contributed by atoms with Crippen molar-refractivity contribution in [3.63, 3.8) is 0 Å². The van der Waals surface area contributed by atoms with Gasteiger partial charge >= 0.3 is 0 Å². The van der Waals surface area contributed by atoms with Crippen LogP contribution in [0.5, 0.6) is 0 Å². The van der Waals surface area contributed by atoms with E-state index in [1.165, 1.54) is 0 Å². The van der Waals surface area contributed by atoms with Gasteiger partial charge in [0.1, 0.15) is 11.4 Å². The van der Waals surface area contributed by atoms with Gasteiger partial charge in [0.25, 0.3) is 0 Å². The van der Waals surface area contributed by atoms with Gasteiger partial charge in [-0.2, -0.15) is 10.2 Å². The molecule has 0 aliphatic heterocycles. The van der Waals surface area contributed by atoms with E-state index >= 15 is 0 Å². The van der Waals surface area contributed by atoms with Crippen LogP contribution >= 0.6 is 24.4 Å². The van der Waals surface area contributed by atoms with Crippen molar-refractivity contribution >= 4 is 64.3 Å². The van der Waals surface area contributed by atoms with Crippen molar-refractivity contribution in [2.75, 3.05) is 26.5 Å². The third kappa shape index (κ3) is 17.9. The maximum atomic E-state index is 5.31. The largest absolute Gasteiger partial charge is 0.375 e. The predicted molar refractivity (Wildman–Crippen MR) is 226 cm³/mol. The average molecular weight is 715 g/mol. The summed E-state index contributed by atoms with van der Waals surface area (Å²) in [5.74, 6) is 0. The van der Waals surface area contributed by atoms with Crippen LogP contribution in [-0.2, 0) is 0 Å². The fourth-order valence-corrected chi connectivity index (χ4v) is 3.94. The van der Waals surface area contributed by atoms with E-state index in [2.05, 4.69) is 48.6 Å². The second kappa shape index (κ2) is 26.1. The molecule has 10 heteroatoms. The van der Waals surface area contributed by atoms with E-state index in [4.69, 9.17) is 12.2 Å². The third-order valence-electron chi connectivity index (χ3n) is 6.07. The summed E-state index contributed by atoms with van der Waals surface area (Å²) in [6.45, 7) is 4.00. The molecule has 0 bridgehead atoms. The fourth-order valence-electron chi connectivity index (χ4n) is 3.78. The second-order valence-corrected chi connectivity index (χ2v) is 10.8. The molecule has 0 aliphatic carbocycles. The van der Waals surface area contributed by atoms with E-state index in [-0.39, 0.29) is 0 Å². The van der Waals surface area contributed by atoms with Crippen LogP contribution in [0.25, 0.3) is 12.2 Å². The number of rotatable bonds is 10. The zero-order valence-corrected chi connectivity index (χ0v) is 31.4. The summed E-state index contributed by atoms with van der Waals surface area (Å²) in [7, 11) is 5.57. The van der Waals surface area contributed by atoms with Gasteiger partial charge in [-0.25, -0.2) is 0 Å². The zero-order valence-electron chi connectivity index (χ0n) is 29.7. The van der Waals surface area contributed by atoms with Crippen LogP contribution in [0.1, 0.15) is 36.4 Å². The van der Waals surface area contributed by atoms with Gasteiger partial charge in [-0.3, -0.25) is 15.4 Å². The Balaban J connectivity index is 0.000000313. The quantitative estimate of drug-likeness (QED) is 0.0752. The highest BCUT2D eigenvalue weighted by atomic mass is 32.1. The molecule has 0 spiro atoms. The Morgan fingerprint density at radius 3 is 1.43 bits per heavy atom. The monoisotopic (exact) mass is 714 g/mol. The summed E-state index contributed by atoms with van der Waals surface area (Å²) < 4.78 is 0. The number of benzene rings is 3. The van der Waals surface area contributed by atoms with Gasteiger partial charge in [0.05, 0.1) is 16.9 Å². The number of anilines is 1. The van der Waals surface area contributed by atoms with Crippen LogP contribution in [-0.4, -0.2) is 58.0 Å². The molecule has 0 amide bonds. The Bertz CT molecular complexity index is 1780. The van der Waals surface area contributed by atoms with Crippen LogP contribution in [0.2, 0.25) is 0 Å². The van der Waals surface area contributed by atoms with E-state index in [9.17, 15) is 0 Å². The van der Waals surface area contributed by atoms with E-state index < -0.39 is 0 Å². The number of aromatic nitrogens is 2. The molecule has 262 valence electrons. The molecule has 3 N–H and O–H groups in total. The minimum atomic E-state index is 0.415. The zero-order chi connectivity index (χ0) is 36.9. The Kier molecular flexibility index (Phi) is 21.1. The van der Waals surface area contributed by atoms with Crippen molar-refractivity contribution in [1.82, 2.24) is 25.7 Å². The summed E-state index contributed by atoms with van der Waals surface area (Å²) in [5.41, 5.74) is 13.5. The standard InChI is InChI=1S/C21H18N4S.C15H15N3.C3H7NS.C2H6/c26-21(23-18-11-5-2-6-12-18)25-24-20(19-13-7-8-16-22-19)15-14-17-9-3-1-4-10-17;1-16-18-15(14-9-5-6-12-17-14)11-10-13-7-3-2-4-8-13;1-4(2)3-5;1-2/h1-16H,(H2,23,25,26);2-12,16H,1H3;3H,1-2H3;1-2H3/b15-14+,24-20+;11-10+,18-15+;;. The van der Waals surface area contributed by atoms with E-state index in [1.807, 2.05) is 185 Å². The molecule has 0 unspecified atom stereocenters. The third-order valence-corrected chi connectivity index (χ3v) is 6.69. The van der Waals surface area contributed by atoms with Crippen molar-refractivity contribution < 1.29 is 0 Å². The fraction of sp³-hybridized carbons (Fsp3) is 0.122.